The molecule has 3 rings (SSSR count). The summed E-state index contributed by atoms with van der Waals surface area (Å²) in [7, 11) is 0. The van der Waals surface area contributed by atoms with Crippen LogP contribution >= 0.6 is 27.5 Å². The van der Waals surface area contributed by atoms with Gasteiger partial charge in [-0.3, -0.25) is 10.2 Å². The number of alkyl halides is 1. The fraction of sp³-hybridized carbons (Fsp3) is 0.235. The number of hydrogen-bond donors (Lipinski definition) is 2. The maximum Gasteiger partial charge on any atom is 0.245 e. The molecule has 1 aromatic heterocycles. The minimum Gasteiger partial charge on any atom is -0.383 e. The highest BCUT2D eigenvalue weighted by Gasteiger charge is 2.29. The Balaban J connectivity index is 1.84. The zero-order chi connectivity index (χ0) is 17.3. The number of carbonyl (C=O) groups is 1. The molecule has 1 atom stereocenters. The second-order valence-corrected chi connectivity index (χ2v) is 6.85. The first-order chi connectivity index (χ1) is 11.5. The van der Waals surface area contributed by atoms with E-state index >= 15 is 0 Å². The Morgan fingerprint density at radius 2 is 2.08 bits per heavy atom. The maximum atomic E-state index is 12.7. The van der Waals surface area contributed by atoms with Gasteiger partial charge in [0.1, 0.15) is 15.8 Å². The van der Waals surface area contributed by atoms with Crippen LogP contribution in [0.1, 0.15) is 27.6 Å². The Bertz CT molecular complexity index is 797. The molecule has 124 valence electrons. The van der Waals surface area contributed by atoms with Crippen molar-refractivity contribution >= 4 is 43.9 Å². The second kappa shape index (κ2) is 6.91. The molecule has 1 aliphatic heterocycles. The Morgan fingerprint density at radius 3 is 2.75 bits per heavy atom. The summed E-state index contributed by atoms with van der Waals surface area (Å²) in [5.41, 5.74) is 9.16. The number of fused-ring (bicyclic) bond motifs is 1. The minimum atomic E-state index is -0.705. The van der Waals surface area contributed by atoms with Crippen LogP contribution in [-0.4, -0.2) is 27.0 Å². The summed E-state index contributed by atoms with van der Waals surface area (Å²) < 4.78 is 0.212. The summed E-state index contributed by atoms with van der Waals surface area (Å²) >= 11 is 9.53. The van der Waals surface area contributed by atoms with Crippen molar-refractivity contribution in [3.8, 4) is 0 Å². The van der Waals surface area contributed by atoms with Crippen LogP contribution in [0.15, 0.2) is 36.5 Å². The average molecular weight is 408 g/mol. The number of carbonyl (C=O) groups excluding carboxylic acids is 1. The third-order valence-electron chi connectivity index (χ3n) is 4.14. The van der Waals surface area contributed by atoms with Crippen LogP contribution in [0, 0.1) is 5.41 Å². The average Bonchev–Trinajstić information content (AvgIpc) is 2.60. The van der Waals surface area contributed by atoms with Gasteiger partial charge in [-0.05, 0) is 39.0 Å². The van der Waals surface area contributed by atoms with Crippen LogP contribution in [0.25, 0.3) is 0 Å². The molecule has 0 aliphatic carbocycles. The molecule has 0 fully saturated rings. The lowest BCUT2D eigenvalue weighted by Gasteiger charge is -2.31. The number of hydrogen-bond acceptors (Lipinski definition) is 4. The summed E-state index contributed by atoms with van der Waals surface area (Å²) in [6.07, 6.45) is 2.30. The van der Waals surface area contributed by atoms with Crippen LogP contribution < -0.4 is 5.73 Å². The van der Waals surface area contributed by atoms with Crippen LogP contribution in [0.5, 0.6) is 0 Å². The quantitative estimate of drug-likeness (QED) is 0.605. The van der Waals surface area contributed by atoms with Crippen molar-refractivity contribution < 1.29 is 4.79 Å². The highest BCUT2D eigenvalue weighted by Crippen LogP contribution is 2.30. The van der Waals surface area contributed by atoms with Gasteiger partial charge in [0.25, 0.3) is 0 Å². The van der Waals surface area contributed by atoms with Gasteiger partial charge in [-0.15, -0.1) is 11.6 Å². The Morgan fingerprint density at radius 1 is 1.38 bits per heavy atom. The number of aromatic nitrogens is 1. The second-order valence-electron chi connectivity index (χ2n) is 5.62. The largest absolute Gasteiger partial charge is 0.383 e. The van der Waals surface area contributed by atoms with Crippen molar-refractivity contribution in [3.05, 3.63) is 58.8 Å². The maximum absolute atomic E-state index is 12.7. The molecular formula is C17H16BrClN4O. The van der Waals surface area contributed by atoms with E-state index in [2.05, 4.69) is 20.9 Å². The van der Waals surface area contributed by atoms with E-state index in [0.29, 0.717) is 30.9 Å². The number of halogens is 2. The molecule has 2 heterocycles. The molecule has 0 saturated carbocycles. The summed E-state index contributed by atoms with van der Waals surface area (Å²) in [4.78, 5) is 18.6. The van der Waals surface area contributed by atoms with Crippen molar-refractivity contribution in [3.63, 3.8) is 0 Å². The number of rotatable bonds is 3. The molecule has 1 aromatic carbocycles. The normalized spacial score (nSPS) is 14.8. The Labute approximate surface area is 153 Å². The number of nitrogens with one attached hydrogen (secondary N) is 1. The van der Waals surface area contributed by atoms with Gasteiger partial charge in [0, 0.05) is 19.3 Å². The summed E-state index contributed by atoms with van der Waals surface area (Å²) in [5.74, 6) is 0.204. The fourth-order valence-electron chi connectivity index (χ4n) is 2.92. The molecular weight excluding hydrogens is 392 g/mol. The standard InChI is InChI=1S/C17H16BrClN4O/c18-15(20)13-12-6-7-23(9-11(12)8-22-16(13)21)17(24)14(19)10-4-2-1-3-5-10/h1-5,8,14,20H,6-7,9H2,(H2,21,22). The van der Waals surface area contributed by atoms with E-state index in [1.807, 2.05) is 30.3 Å². The fourth-order valence-corrected chi connectivity index (χ4v) is 3.64. The molecule has 7 heteroatoms. The molecule has 24 heavy (non-hydrogen) atoms. The SMILES string of the molecule is N=C(Br)c1c(N)ncc2c1CCN(C(=O)C(Cl)c1ccccc1)C2. The lowest BCUT2D eigenvalue weighted by molar-refractivity contribution is -0.131. The van der Waals surface area contributed by atoms with Crippen LogP contribution in [0.3, 0.4) is 0 Å². The topological polar surface area (TPSA) is 83.1 Å². The molecule has 0 bridgehead atoms. The van der Waals surface area contributed by atoms with E-state index in [9.17, 15) is 4.79 Å². The van der Waals surface area contributed by atoms with Crippen LogP contribution in [0.4, 0.5) is 5.82 Å². The zero-order valence-corrected chi connectivity index (χ0v) is 15.1. The first-order valence-corrected chi connectivity index (χ1v) is 8.70. The minimum absolute atomic E-state index is 0.124. The van der Waals surface area contributed by atoms with E-state index < -0.39 is 5.38 Å². The van der Waals surface area contributed by atoms with Crippen molar-refractivity contribution in [2.75, 3.05) is 12.3 Å². The number of pyridine rings is 1. The monoisotopic (exact) mass is 406 g/mol. The predicted octanol–water partition coefficient (Wildman–Crippen LogP) is 3.25. The van der Waals surface area contributed by atoms with Crippen LogP contribution in [-0.2, 0) is 17.8 Å². The van der Waals surface area contributed by atoms with E-state index in [1.54, 1.807) is 11.1 Å². The Kier molecular flexibility index (Phi) is 4.87. The van der Waals surface area contributed by atoms with Crippen LogP contribution in [0.2, 0.25) is 0 Å². The summed E-state index contributed by atoms with van der Waals surface area (Å²) in [5, 5.41) is 7.12. The predicted molar refractivity (Wildman–Crippen MR) is 98.6 cm³/mol. The third-order valence-corrected chi connectivity index (χ3v) is 4.97. The molecule has 1 amide bonds. The number of nitrogens with zero attached hydrogens (tertiary/aromatic N) is 2. The van der Waals surface area contributed by atoms with Crippen molar-refractivity contribution in [2.45, 2.75) is 18.3 Å². The molecule has 0 radical (unpaired) electrons. The molecule has 1 unspecified atom stereocenters. The molecule has 5 nitrogen and oxygen atoms in total. The molecule has 0 saturated heterocycles. The van der Waals surface area contributed by atoms with E-state index in [-0.39, 0.29) is 10.5 Å². The van der Waals surface area contributed by atoms with Gasteiger partial charge >= 0.3 is 0 Å². The lowest BCUT2D eigenvalue weighted by atomic mass is 9.96. The van der Waals surface area contributed by atoms with Crippen molar-refractivity contribution in [2.24, 2.45) is 0 Å². The van der Waals surface area contributed by atoms with Gasteiger partial charge in [-0.1, -0.05) is 30.3 Å². The molecule has 2 aromatic rings. The highest BCUT2D eigenvalue weighted by atomic mass is 79.9. The van der Waals surface area contributed by atoms with Gasteiger partial charge in [-0.25, -0.2) is 4.98 Å². The summed E-state index contributed by atoms with van der Waals surface area (Å²) in [6, 6.07) is 9.32. The van der Waals surface area contributed by atoms with Crippen molar-refractivity contribution in [1.29, 1.82) is 5.41 Å². The number of nitrogen functional groups attached to an aromatic ring is 1. The Hall–Kier alpha value is -1.92. The molecule has 3 N–H and O–H groups in total. The first kappa shape index (κ1) is 16.9. The van der Waals surface area contributed by atoms with Gasteiger partial charge in [0.15, 0.2) is 0 Å². The van der Waals surface area contributed by atoms with Gasteiger partial charge in [0.05, 0.1) is 5.56 Å². The third kappa shape index (κ3) is 3.16. The van der Waals surface area contributed by atoms with Gasteiger partial charge in [0.2, 0.25) is 5.91 Å². The van der Waals surface area contributed by atoms with Gasteiger partial charge in [-0.2, -0.15) is 0 Å². The van der Waals surface area contributed by atoms with Crippen molar-refractivity contribution in [1.82, 2.24) is 9.88 Å². The zero-order valence-electron chi connectivity index (χ0n) is 12.8. The van der Waals surface area contributed by atoms with E-state index in [4.69, 9.17) is 22.7 Å². The number of benzene rings is 1. The molecule has 1 aliphatic rings. The van der Waals surface area contributed by atoms with E-state index in [1.165, 1.54) is 0 Å². The lowest BCUT2D eigenvalue weighted by Crippen LogP contribution is -2.38. The first-order valence-electron chi connectivity index (χ1n) is 7.47. The number of anilines is 1. The smallest absolute Gasteiger partial charge is 0.245 e. The van der Waals surface area contributed by atoms with Gasteiger partial charge < -0.3 is 10.6 Å². The molecule has 0 spiro atoms. The number of nitrogens with two attached hydrogens (primary N) is 1. The number of amides is 1. The summed E-state index contributed by atoms with van der Waals surface area (Å²) in [6.45, 7) is 0.962. The van der Waals surface area contributed by atoms with E-state index in [0.717, 1.165) is 16.7 Å². The highest BCUT2D eigenvalue weighted by molar-refractivity contribution is 9.18.